The summed E-state index contributed by atoms with van der Waals surface area (Å²) < 4.78 is 0. The van der Waals surface area contributed by atoms with Gasteiger partial charge in [-0.25, -0.2) is 0 Å². The molecule has 1 aliphatic rings. The van der Waals surface area contributed by atoms with Crippen LogP contribution in [0.2, 0.25) is 0 Å². The van der Waals surface area contributed by atoms with E-state index in [2.05, 4.69) is 10.3 Å². The van der Waals surface area contributed by atoms with Crippen LogP contribution in [0.3, 0.4) is 0 Å². The highest BCUT2D eigenvalue weighted by atomic mass is 32.2. The van der Waals surface area contributed by atoms with Crippen molar-refractivity contribution < 1.29 is 9.59 Å². The first-order valence-electron chi connectivity index (χ1n) is 7.86. The smallest absolute Gasteiger partial charge is 0.242 e. The molecule has 124 valence electrons. The SMILES string of the molecule is CCN=C1S[C@@H](CC(=O)Nc2c(C)cccc2C)C(=O)N1CC. The number of rotatable bonds is 5. The first-order chi connectivity index (χ1) is 11.0. The second-order valence-electron chi connectivity index (χ2n) is 5.47. The maximum Gasteiger partial charge on any atom is 0.242 e. The lowest BCUT2D eigenvalue weighted by Crippen LogP contribution is -2.33. The molecule has 1 aromatic carbocycles. The summed E-state index contributed by atoms with van der Waals surface area (Å²) in [5.74, 6) is -0.164. The van der Waals surface area contributed by atoms with Crippen LogP contribution in [-0.2, 0) is 9.59 Å². The number of hydrogen-bond donors (Lipinski definition) is 1. The summed E-state index contributed by atoms with van der Waals surface area (Å²) in [6, 6.07) is 5.88. The third-order valence-corrected chi connectivity index (χ3v) is 4.96. The number of nitrogens with one attached hydrogen (secondary N) is 1. The molecule has 2 rings (SSSR count). The standard InChI is InChI=1S/C17H23N3O2S/c1-5-18-17-20(6-2)16(22)13(23-17)10-14(21)19-15-11(3)8-7-9-12(15)4/h7-9,13H,5-6,10H2,1-4H3,(H,19,21)/t13-/m0/s1. The van der Waals surface area contributed by atoms with E-state index in [0.29, 0.717) is 13.1 Å². The molecule has 1 N–H and O–H groups in total. The lowest BCUT2D eigenvalue weighted by Gasteiger charge is -2.14. The van der Waals surface area contributed by atoms with E-state index in [1.165, 1.54) is 11.8 Å². The van der Waals surface area contributed by atoms with E-state index in [1.807, 2.05) is 45.9 Å². The average Bonchev–Trinajstić information content (AvgIpc) is 2.79. The van der Waals surface area contributed by atoms with Crippen LogP contribution in [0.15, 0.2) is 23.2 Å². The van der Waals surface area contributed by atoms with E-state index in [4.69, 9.17) is 0 Å². The van der Waals surface area contributed by atoms with Gasteiger partial charge in [0, 0.05) is 25.2 Å². The number of anilines is 1. The molecule has 0 spiro atoms. The predicted molar refractivity (Wildman–Crippen MR) is 95.9 cm³/mol. The van der Waals surface area contributed by atoms with E-state index in [-0.39, 0.29) is 23.5 Å². The summed E-state index contributed by atoms with van der Waals surface area (Å²) in [6.07, 6.45) is 0.163. The minimum absolute atomic E-state index is 0.0265. The summed E-state index contributed by atoms with van der Waals surface area (Å²) in [5.41, 5.74) is 2.88. The van der Waals surface area contributed by atoms with Gasteiger partial charge in [0.25, 0.3) is 0 Å². The molecule has 0 aromatic heterocycles. The van der Waals surface area contributed by atoms with Crippen molar-refractivity contribution in [1.29, 1.82) is 0 Å². The molecule has 2 amide bonds. The molecule has 0 aliphatic carbocycles. The second kappa shape index (κ2) is 7.64. The maximum absolute atomic E-state index is 12.4. The zero-order chi connectivity index (χ0) is 17.0. The van der Waals surface area contributed by atoms with Crippen molar-refractivity contribution in [2.45, 2.75) is 39.4 Å². The van der Waals surface area contributed by atoms with E-state index >= 15 is 0 Å². The van der Waals surface area contributed by atoms with Gasteiger partial charge < -0.3 is 5.32 Å². The first kappa shape index (κ1) is 17.5. The van der Waals surface area contributed by atoms with Crippen LogP contribution in [0.25, 0.3) is 0 Å². The molecule has 1 aromatic rings. The molecular weight excluding hydrogens is 310 g/mol. The van der Waals surface area contributed by atoms with Crippen LogP contribution in [0, 0.1) is 13.8 Å². The molecule has 1 aliphatic heterocycles. The Hall–Kier alpha value is -1.82. The molecule has 1 fully saturated rings. The number of hydrogen-bond acceptors (Lipinski definition) is 4. The number of nitrogens with zero attached hydrogens (tertiary/aromatic N) is 2. The van der Waals surface area contributed by atoms with E-state index < -0.39 is 0 Å². The van der Waals surface area contributed by atoms with Crippen molar-refractivity contribution in [3.63, 3.8) is 0 Å². The van der Waals surface area contributed by atoms with Crippen LogP contribution < -0.4 is 5.32 Å². The summed E-state index contributed by atoms with van der Waals surface area (Å²) in [6.45, 7) is 8.99. The highest BCUT2D eigenvalue weighted by Crippen LogP contribution is 2.30. The Balaban J connectivity index is 2.06. The predicted octanol–water partition coefficient (Wildman–Crippen LogP) is 2.97. The largest absolute Gasteiger partial charge is 0.326 e. The van der Waals surface area contributed by atoms with E-state index in [9.17, 15) is 9.59 Å². The van der Waals surface area contributed by atoms with Crippen molar-refractivity contribution in [1.82, 2.24) is 4.90 Å². The molecule has 1 heterocycles. The fourth-order valence-electron chi connectivity index (χ4n) is 2.56. The Bertz CT molecular complexity index is 622. The van der Waals surface area contributed by atoms with Gasteiger partial charge in [0.05, 0.1) is 0 Å². The van der Waals surface area contributed by atoms with Gasteiger partial charge in [0.15, 0.2) is 5.17 Å². The number of benzene rings is 1. The summed E-state index contributed by atoms with van der Waals surface area (Å²) >= 11 is 1.39. The first-order valence-corrected chi connectivity index (χ1v) is 8.74. The fourth-order valence-corrected chi connectivity index (χ4v) is 3.82. The van der Waals surface area contributed by atoms with Gasteiger partial charge in [-0.3, -0.25) is 19.5 Å². The molecule has 6 heteroatoms. The van der Waals surface area contributed by atoms with Crippen LogP contribution in [0.4, 0.5) is 5.69 Å². The lowest BCUT2D eigenvalue weighted by molar-refractivity contribution is -0.128. The van der Waals surface area contributed by atoms with E-state index in [1.54, 1.807) is 4.90 Å². The van der Waals surface area contributed by atoms with E-state index in [0.717, 1.165) is 22.0 Å². The molecule has 5 nitrogen and oxygen atoms in total. The lowest BCUT2D eigenvalue weighted by atomic mass is 10.1. The van der Waals surface area contributed by atoms with Crippen molar-refractivity contribution in [3.8, 4) is 0 Å². The zero-order valence-corrected chi connectivity index (χ0v) is 14.9. The van der Waals surface area contributed by atoms with Gasteiger partial charge in [-0.1, -0.05) is 30.0 Å². The third-order valence-electron chi connectivity index (χ3n) is 3.75. The minimum Gasteiger partial charge on any atom is -0.326 e. The highest BCUT2D eigenvalue weighted by molar-refractivity contribution is 8.15. The van der Waals surface area contributed by atoms with Gasteiger partial charge in [0.2, 0.25) is 11.8 Å². The number of carbonyl (C=O) groups excluding carboxylic acids is 2. The molecular formula is C17H23N3O2S. The number of para-hydroxylation sites is 1. The Morgan fingerprint density at radius 3 is 2.52 bits per heavy atom. The van der Waals surface area contributed by atoms with Gasteiger partial charge in [-0.2, -0.15) is 0 Å². The highest BCUT2D eigenvalue weighted by Gasteiger charge is 2.38. The quantitative estimate of drug-likeness (QED) is 0.901. The number of carbonyl (C=O) groups is 2. The Morgan fingerprint density at radius 2 is 1.96 bits per heavy atom. The Morgan fingerprint density at radius 1 is 1.30 bits per heavy atom. The van der Waals surface area contributed by atoms with Gasteiger partial charge in [-0.05, 0) is 38.8 Å². The topological polar surface area (TPSA) is 61.8 Å². The Kier molecular flexibility index (Phi) is 5.82. The third kappa shape index (κ3) is 3.93. The molecule has 1 saturated heterocycles. The second-order valence-corrected chi connectivity index (χ2v) is 6.63. The van der Waals surface area contributed by atoms with Crippen molar-refractivity contribution in [3.05, 3.63) is 29.3 Å². The minimum atomic E-state index is -0.385. The van der Waals surface area contributed by atoms with Crippen LogP contribution >= 0.6 is 11.8 Å². The number of aliphatic imine (C=N–C) groups is 1. The van der Waals surface area contributed by atoms with Crippen molar-refractivity contribution in [2.24, 2.45) is 4.99 Å². The molecule has 0 radical (unpaired) electrons. The summed E-state index contributed by atoms with van der Waals surface area (Å²) in [7, 11) is 0. The van der Waals surface area contributed by atoms with Crippen LogP contribution in [0.5, 0.6) is 0 Å². The normalized spacial score (nSPS) is 19.5. The Labute approximate surface area is 141 Å². The maximum atomic E-state index is 12.4. The monoisotopic (exact) mass is 333 g/mol. The van der Waals surface area contributed by atoms with Crippen molar-refractivity contribution in [2.75, 3.05) is 18.4 Å². The van der Waals surface area contributed by atoms with Gasteiger partial charge >= 0.3 is 0 Å². The number of aryl methyl sites for hydroxylation is 2. The molecule has 0 saturated carbocycles. The summed E-state index contributed by atoms with van der Waals surface area (Å²) in [5, 5.41) is 3.28. The molecule has 23 heavy (non-hydrogen) atoms. The molecule has 0 bridgehead atoms. The van der Waals surface area contributed by atoms with Gasteiger partial charge in [-0.15, -0.1) is 0 Å². The number of amides is 2. The fraction of sp³-hybridized carbons (Fsp3) is 0.471. The van der Waals surface area contributed by atoms with Gasteiger partial charge in [0.1, 0.15) is 5.25 Å². The average molecular weight is 333 g/mol. The molecule has 0 unspecified atom stereocenters. The van der Waals surface area contributed by atoms with Crippen molar-refractivity contribution >= 4 is 34.4 Å². The summed E-state index contributed by atoms with van der Waals surface area (Å²) in [4.78, 5) is 30.7. The molecule has 1 atom stereocenters. The van der Waals surface area contributed by atoms with Crippen LogP contribution in [-0.4, -0.2) is 40.2 Å². The van der Waals surface area contributed by atoms with Crippen LogP contribution in [0.1, 0.15) is 31.4 Å². The zero-order valence-electron chi connectivity index (χ0n) is 14.0. The number of amidine groups is 1. The number of thioether (sulfide) groups is 1.